The zero-order chi connectivity index (χ0) is 16.7. The van der Waals surface area contributed by atoms with Crippen molar-refractivity contribution in [2.45, 2.75) is 25.4 Å². The fourth-order valence-electron chi connectivity index (χ4n) is 2.75. The summed E-state index contributed by atoms with van der Waals surface area (Å²) in [5, 5.41) is 10.7. The van der Waals surface area contributed by atoms with Gasteiger partial charge >= 0.3 is 0 Å². The molecule has 23 heavy (non-hydrogen) atoms. The van der Waals surface area contributed by atoms with E-state index in [0.29, 0.717) is 17.3 Å². The van der Waals surface area contributed by atoms with Crippen molar-refractivity contribution in [2.24, 2.45) is 0 Å². The van der Waals surface area contributed by atoms with E-state index in [2.05, 4.69) is 15.6 Å². The second-order valence-corrected chi connectivity index (χ2v) is 8.20. The maximum atomic E-state index is 12.3. The SMILES string of the molecule is C[C@@]1(NC(=O)Cn2nnc3ccccc3c2=O)CCS(=O)(=O)C1. The predicted molar refractivity (Wildman–Crippen MR) is 83.6 cm³/mol. The number of aromatic nitrogens is 3. The first kappa shape index (κ1) is 15.6. The minimum atomic E-state index is -3.12. The molecule has 122 valence electrons. The van der Waals surface area contributed by atoms with Crippen LogP contribution in [0.3, 0.4) is 0 Å². The number of sulfone groups is 1. The average molecular weight is 336 g/mol. The number of amides is 1. The minimum Gasteiger partial charge on any atom is -0.348 e. The van der Waals surface area contributed by atoms with Crippen molar-refractivity contribution in [3.05, 3.63) is 34.6 Å². The lowest BCUT2D eigenvalue weighted by Crippen LogP contribution is -2.49. The molecule has 0 unspecified atom stereocenters. The molecular weight excluding hydrogens is 320 g/mol. The topological polar surface area (TPSA) is 111 Å². The van der Waals surface area contributed by atoms with Crippen LogP contribution in [0, 0.1) is 0 Å². The molecule has 0 radical (unpaired) electrons. The molecule has 0 saturated carbocycles. The summed E-state index contributed by atoms with van der Waals surface area (Å²) in [7, 11) is -3.12. The van der Waals surface area contributed by atoms with Crippen LogP contribution in [0.15, 0.2) is 29.1 Å². The van der Waals surface area contributed by atoms with E-state index in [1.54, 1.807) is 31.2 Å². The van der Waals surface area contributed by atoms with Crippen LogP contribution in [0.4, 0.5) is 0 Å². The maximum Gasteiger partial charge on any atom is 0.278 e. The van der Waals surface area contributed by atoms with E-state index in [-0.39, 0.29) is 18.1 Å². The lowest BCUT2D eigenvalue weighted by Gasteiger charge is -2.23. The number of hydrogen-bond donors (Lipinski definition) is 1. The fourth-order valence-corrected chi connectivity index (χ4v) is 4.84. The summed E-state index contributed by atoms with van der Waals surface area (Å²) in [5.74, 6) is -0.500. The molecular formula is C14H16N4O4S. The number of nitrogens with one attached hydrogen (secondary N) is 1. The summed E-state index contributed by atoms with van der Waals surface area (Å²) >= 11 is 0. The van der Waals surface area contributed by atoms with Gasteiger partial charge in [-0.2, -0.15) is 0 Å². The number of carbonyl (C=O) groups excluding carboxylic acids is 1. The summed E-state index contributed by atoms with van der Waals surface area (Å²) in [6.45, 7) is 1.39. The first-order valence-corrected chi connectivity index (χ1v) is 8.94. The van der Waals surface area contributed by atoms with Crippen LogP contribution >= 0.6 is 0 Å². The van der Waals surface area contributed by atoms with Crippen LogP contribution in [-0.4, -0.2) is 46.4 Å². The summed E-state index contributed by atoms with van der Waals surface area (Å²) in [6.07, 6.45) is 0.360. The summed E-state index contributed by atoms with van der Waals surface area (Å²) in [4.78, 5) is 24.4. The van der Waals surface area contributed by atoms with Gasteiger partial charge in [-0.25, -0.2) is 13.1 Å². The Morgan fingerprint density at radius 2 is 2.13 bits per heavy atom. The zero-order valence-corrected chi connectivity index (χ0v) is 13.3. The number of fused-ring (bicyclic) bond motifs is 1. The van der Waals surface area contributed by atoms with Crippen molar-refractivity contribution in [3.8, 4) is 0 Å². The predicted octanol–water partition coefficient (Wildman–Crippen LogP) is -0.515. The highest BCUT2D eigenvalue weighted by Crippen LogP contribution is 2.22. The van der Waals surface area contributed by atoms with Crippen LogP contribution in [-0.2, 0) is 21.2 Å². The normalized spacial score (nSPS) is 23.0. The molecule has 1 aliphatic heterocycles. The fraction of sp³-hybridized carbons (Fsp3) is 0.429. The van der Waals surface area contributed by atoms with Crippen molar-refractivity contribution in [1.82, 2.24) is 20.3 Å². The van der Waals surface area contributed by atoms with Gasteiger partial charge in [0.05, 0.1) is 22.4 Å². The molecule has 2 heterocycles. The third-order valence-corrected chi connectivity index (χ3v) is 5.77. The van der Waals surface area contributed by atoms with E-state index >= 15 is 0 Å². The zero-order valence-electron chi connectivity index (χ0n) is 12.5. The summed E-state index contributed by atoms with van der Waals surface area (Å²) < 4.78 is 24.1. The maximum absolute atomic E-state index is 12.3. The van der Waals surface area contributed by atoms with E-state index in [4.69, 9.17) is 0 Å². The van der Waals surface area contributed by atoms with Gasteiger partial charge in [0, 0.05) is 0 Å². The van der Waals surface area contributed by atoms with Gasteiger partial charge in [0.2, 0.25) is 5.91 Å². The van der Waals surface area contributed by atoms with Crippen LogP contribution in [0.1, 0.15) is 13.3 Å². The van der Waals surface area contributed by atoms with Gasteiger partial charge < -0.3 is 5.32 Å². The monoisotopic (exact) mass is 336 g/mol. The van der Waals surface area contributed by atoms with Crippen LogP contribution in [0.2, 0.25) is 0 Å². The molecule has 1 saturated heterocycles. The van der Waals surface area contributed by atoms with E-state index in [0.717, 1.165) is 4.68 Å². The van der Waals surface area contributed by atoms with Gasteiger partial charge in [-0.3, -0.25) is 9.59 Å². The standard InChI is InChI=1S/C14H16N4O4S/c1-14(6-7-23(21,22)9-14)15-12(19)8-18-13(20)10-4-2-3-5-11(10)16-17-18/h2-5H,6-9H2,1H3,(H,15,19)/t14-/m1/s1. The highest BCUT2D eigenvalue weighted by Gasteiger charge is 2.39. The summed E-state index contributed by atoms with van der Waals surface area (Å²) in [6, 6.07) is 6.74. The van der Waals surface area contributed by atoms with E-state index in [9.17, 15) is 18.0 Å². The molecule has 0 bridgehead atoms. The first-order chi connectivity index (χ1) is 10.8. The van der Waals surface area contributed by atoms with Gasteiger partial charge in [0.15, 0.2) is 9.84 Å². The largest absolute Gasteiger partial charge is 0.348 e. The minimum absolute atomic E-state index is 0.0551. The van der Waals surface area contributed by atoms with Crippen molar-refractivity contribution < 1.29 is 13.2 Å². The van der Waals surface area contributed by atoms with Gasteiger partial charge in [-0.1, -0.05) is 17.3 Å². The molecule has 0 spiro atoms. The van der Waals surface area contributed by atoms with Crippen molar-refractivity contribution in [3.63, 3.8) is 0 Å². The Morgan fingerprint density at radius 3 is 2.83 bits per heavy atom. The second-order valence-electron chi connectivity index (χ2n) is 6.02. The van der Waals surface area contributed by atoms with Gasteiger partial charge in [-0.15, -0.1) is 5.10 Å². The summed E-state index contributed by atoms with van der Waals surface area (Å²) in [5.41, 5.74) is -0.748. The molecule has 1 N–H and O–H groups in total. The third-order valence-electron chi connectivity index (χ3n) is 3.87. The molecule has 1 aromatic heterocycles. The van der Waals surface area contributed by atoms with Crippen LogP contribution in [0.25, 0.3) is 10.9 Å². The second kappa shape index (κ2) is 5.41. The highest BCUT2D eigenvalue weighted by molar-refractivity contribution is 7.91. The number of nitrogens with zero attached hydrogens (tertiary/aromatic N) is 3. The average Bonchev–Trinajstić information content (AvgIpc) is 2.75. The molecule has 2 aromatic rings. The number of hydrogen-bond acceptors (Lipinski definition) is 6. The highest BCUT2D eigenvalue weighted by atomic mass is 32.2. The van der Waals surface area contributed by atoms with E-state index in [1.807, 2.05) is 0 Å². The quantitative estimate of drug-likeness (QED) is 0.808. The Hall–Kier alpha value is -2.29. The lowest BCUT2D eigenvalue weighted by molar-refractivity contribution is -0.123. The first-order valence-electron chi connectivity index (χ1n) is 7.12. The van der Waals surface area contributed by atoms with Gasteiger partial charge in [0.1, 0.15) is 12.1 Å². The molecule has 9 heteroatoms. The molecule has 1 amide bonds. The molecule has 1 atom stereocenters. The smallest absolute Gasteiger partial charge is 0.278 e. The van der Waals surface area contributed by atoms with E-state index < -0.39 is 26.8 Å². The Kier molecular flexibility index (Phi) is 3.67. The molecule has 8 nitrogen and oxygen atoms in total. The van der Waals surface area contributed by atoms with Crippen molar-refractivity contribution >= 4 is 26.6 Å². The Balaban J connectivity index is 1.79. The molecule has 3 rings (SSSR count). The number of benzene rings is 1. The third kappa shape index (κ3) is 3.24. The Labute approximate surface area is 132 Å². The van der Waals surface area contributed by atoms with Gasteiger partial charge in [0.25, 0.3) is 5.56 Å². The van der Waals surface area contributed by atoms with E-state index in [1.165, 1.54) is 0 Å². The molecule has 1 aromatic carbocycles. The van der Waals surface area contributed by atoms with Gasteiger partial charge in [-0.05, 0) is 25.5 Å². The lowest BCUT2D eigenvalue weighted by atomic mass is 10.0. The Morgan fingerprint density at radius 1 is 1.39 bits per heavy atom. The molecule has 1 aliphatic rings. The number of rotatable bonds is 3. The van der Waals surface area contributed by atoms with Crippen LogP contribution in [0.5, 0.6) is 0 Å². The number of carbonyl (C=O) groups is 1. The van der Waals surface area contributed by atoms with Crippen molar-refractivity contribution in [1.29, 1.82) is 0 Å². The van der Waals surface area contributed by atoms with Crippen LogP contribution < -0.4 is 10.9 Å². The Bertz CT molecular complexity index is 937. The molecule has 0 aliphatic carbocycles. The van der Waals surface area contributed by atoms with Crippen molar-refractivity contribution in [2.75, 3.05) is 11.5 Å². The molecule has 1 fully saturated rings.